The van der Waals surface area contributed by atoms with Crippen LogP contribution in [0.1, 0.15) is 30.0 Å². The standard InChI is InChI=1S/C24H23FN2O/c25-21-11-4-9-19(16-21)22-12-5-13-23(26-22)20-10-6-14-27(17-20)24(28)15-18-7-2-1-3-8-18/h1-5,7-9,11-13,16,20H,6,10,14-15,17H2/t20-/m1/s1. The first-order valence-corrected chi connectivity index (χ1v) is 9.73. The molecule has 1 fully saturated rings. The highest BCUT2D eigenvalue weighted by molar-refractivity contribution is 5.79. The molecule has 1 aromatic heterocycles. The second-order valence-electron chi connectivity index (χ2n) is 7.30. The van der Waals surface area contributed by atoms with Gasteiger partial charge in [-0.25, -0.2) is 4.39 Å². The van der Waals surface area contributed by atoms with Crippen LogP contribution in [0.15, 0.2) is 72.8 Å². The summed E-state index contributed by atoms with van der Waals surface area (Å²) in [5, 5.41) is 0. The molecule has 0 spiro atoms. The molecule has 2 heterocycles. The minimum atomic E-state index is -0.264. The van der Waals surface area contributed by atoms with Gasteiger partial charge in [0.25, 0.3) is 0 Å². The summed E-state index contributed by atoms with van der Waals surface area (Å²) >= 11 is 0. The van der Waals surface area contributed by atoms with Crippen molar-refractivity contribution in [3.05, 3.63) is 89.9 Å². The first kappa shape index (κ1) is 18.4. The van der Waals surface area contributed by atoms with Crippen LogP contribution in [-0.4, -0.2) is 28.9 Å². The number of pyridine rings is 1. The first-order valence-electron chi connectivity index (χ1n) is 9.73. The number of nitrogens with zero attached hydrogens (tertiary/aromatic N) is 2. The number of aromatic nitrogens is 1. The number of hydrogen-bond donors (Lipinski definition) is 0. The van der Waals surface area contributed by atoms with Crippen LogP contribution in [0.3, 0.4) is 0 Å². The molecule has 3 nitrogen and oxygen atoms in total. The summed E-state index contributed by atoms with van der Waals surface area (Å²) in [6.07, 6.45) is 2.41. The second kappa shape index (κ2) is 8.34. The van der Waals surface area contributed by atoms with Crippen molar-refractivity contribution in [3.63, 3.8) is 0 Å². The summed E-state index contributed by atoms with van der Waals surface area (Å²) in [5.41, 5.74) is 3.55. The van der Waals surface area contributed by atoms with Gasteiger partial charge in [0.05, 0.1) is 12.1 Å². The number of benzene rings is 2. The monoisotopic (exact) mass is 374 g/mol. The molecule has 28 heavy (non-hydrogen) atoms. The lowest BCUT2D eigenvalue weighted by molar-refractivity contribution is -0.131. The number of halogens is 1. The Labute approximate surface area is 164 Å². The number of amides is 1. The summed E-state index contributed by atoms with van der Waals surface area (Å²) in [5.74, 6) is 0.110. The van der Waals surface area contributed by atoms with Gasteiger partial charge in [-0.15, -0.1) is 0 Å². The van der Waals surface area contributed by atoms with Crippen molar-refractivity contribution >= 4 is 5.91 Å². The molecule has 142 valence electrons. The van der Waals surface area contributed by atoms with E-state index in [1.54, 1.807) is 6.07 Å². The van der Waals surface area contributed by atoms with Gasteiger partial charge < -0.3 is 4.90 Å². The molecule has 1 aliphatic heterocycles. The van der Waals surface area contributed by atoms with Gasteiger partial charge in [0, 0.05) is 30.3 Å². The average Bonchev–Trinajstić information content (AvgIpc) is 2.75. The van der Waals surface area contributed by atoms with Crippen LogP contribution in [-0.2, 0) is 11.2 Å². The van der Waals surface area contributed by atoms with Crippen molar-refractivity contribution in [3.8, 4) is 11.3 Å². The van der Waals surface area contributed by atoms with Crippen LogP contribution in [0.5, 0.6) is 0 Å². The lowest BCUT2D eigenvalue weighted by Gasteiger charge is -2.32. The van der Waals surface area contributed by atoms with Gasteiger partial charge in [-0.2, -0.15) is 0 Å². The Balaban J connectivity index is 1.49. The Kier molecular flexibility index (Phi) is 5.47. The Morgan fingerprint density at radius 3 is 2.68 bits per heavy atom. The highest BCUT2D eigenvalue weighted by Gasteiger charge is 2.25. The molecule has 1 atom stereocenters. The van der Waals surface area contributed by atoms with Crippen molar-refractivity contribution in [1.82, 2.24) is 9.88 Å². The Bertz CT molecular complexity index is 958. The van der Waals surface area contributed by atoms with Crippen LogP contribution in [0, 0.1) is 5.82 Å². The van der Waals surface area contributed by atoms with Crippen LogP contribution in [0.2, 0.25) is 0 Å². The molecule has 0 bridgehead atoms. The highest BCUT2D eigenvalue weighted by atomic mass is 19.1. The maximum absolute atomic E-state index is 13.6. The average molecular weight is 374 g/mol. The van der Waals surface area contributed by atoms with Gasteiger partial charge in [0.2, 0.25) is 5.91 Å². The predicted molar refractivity (Wildman–Crippen MR) is 108 cm³/mol. The van der Waals surface area contributed by atoms with Crippen molar-refractivity contribution in [2.24, 2.45) is 0 Å². The zero-order valence-electron chi connectivity index (χ0n) is 15.7. The molecule has 0 aliphatic carbocycles. The third-order valence-corrected chi connectivity index (χ3v) is 5.28. The van der Waals surface area contributed by atoms with E-state index < -0.39 is 0 Å². The van der Waals surface area contributed by atoms with Crippen molar-refractivity contribution in [2.45, 2.75) is 25.2 Å². The number of likely N-dealkylation sites (tertiary alicyclic amines) is 1. The van der Waals surface area contributed by atoms with Crippen LogP contribution in [0.25, 0.3) is 11.3 Å². The van der Waals surface area contributed by atoms with E-state index in [1.807, 2.05) is 59.5 Å². The molecule has 0 unspecified atom stereocenters. The fourth-order valence-corrected chi connectivity index (χ4v) is 3.81. The molecular weight excluding hydrogens is 351 g/mol. The molecule has 0 N–H and O–H groups in total. The highest BCUT2D eigenvalue weighted by Crippen LogP contribution is 2.28. The predicted octanol–water partition coefficient (Wildman–Crippen LogP) is 4.84. The van der Waals surface area contributed by atoms with E-state index in [9.17, 15) is 9.18 Å². The fraction of sp³-hybridized carbons (Fsp3) is 0.250. The molecule has 1 saturated heterocycles. The molecule has 1 amide bonds. The molecular formula is C24H23FN2O. The Hall–Kier alpha value is -3.01. The van der Waals surface area contributed by atoms with Gasteiger partial charge >= 0.3 is 0 Å². The summed E-state index contributed by atoms with van der Waals surface area (Å²) in [4.78, 5) is 19.5. The Morgan fingerprint density at radius 1 is 1.04 bits per heavy atom. The SMILES string of the molecule is O=C(Cc1ccccc1)N1CCC[C@@H](c2cccc(-c3cccc(F)c3)n2)C1. The molecule has 0 radical (unpaired) electrons. The fourth-order valence-electron chi connectivity index (χ4n) is 3.81. The lowest BCUT2D eigenvalue weighted by Crippen LogP contribution is -2.40. The quantitative estimate of drug-likeness (QED) is 0.655. The molecule has 1 aliphatic rings. The largest absolute Gasteiger partial charge is 0.342 e. The number of carbonyl (C=O) groups excluding carboxylic acids is 1. The summed E-state index contributed by atoms with van der Waals surface area (Å²) < 4.78 is 13.6. The van der Waals surface area contributed by atoms with Crippen molar-refractivity contribution < 1.29 is 9.18 Å². The van der Waals surface area contributed by atoms with Gasteiger partial charge in [0.1, 0.15) is 5.82 Å². The first-order chi connectivity index (χ1) is 13.7. The smallest absolute Gasteiger partial charge is 0.227 e. The van der Waals surface area contributed by atoms with Gasteiger partial charge in [-0.3, -0.25) is 9.78 Å². The molecule has 4 rings (SSSR count). The normalized spacial score (nSPS) is 16.8. The van der Waals surface area contributed by atoms with E-state index >= 15 is 0 Å². The van der Waals surface area contributed by atoms with Crippen molar-refractivity contribution in [2.75, 3.05) is 13.1 Å². The summed E-state index contributed by atoms with van der Waals surface area (Å²) in [6, 6.07) is 22.2. The maximum Gasteiger partial charge on any atom is 0.227 e. The van der Waals surface area contributed by atoms with Gasteiger partial charge in [-0.1, -0.05) is 48.5 Å². The molecule has 4 heteroatoms. The van der Waals surface area contributed by atoms with E-state index in [0.717, 1.165) is 41.9 Å². The minimum Gasteiger partial charge on any atom is -0.342 e. The number of carbonyl (C=O) groups is 1. The second-order valence-corrected chi connectivity index (χ2v) is 7.30. The van der Waals surface area contributed by atoms with Crippen molar-refractivity contribution in [1.29, 1.82) is 0 Å². The lowest BCUT2D eigenvalue weighted by atomic mass is 9.93. The van der Waals surface area contributed by atoms with Crippen LogP contribution in [0.4, 0.5) is 4.39 Å². The van der Waals surface area contributed by atoms with E-state index in [1.165, 1.54) is 12.1 Å². The number of rotatable bonds is 4. The topological polar surface area (TPSA) is 33.2 Å². The van der Waals surface area contributed by atoms with E-state index in [0.29, 0.717) is 13.0 Å². The maximum atomic E-state index is 13.6. The third kappa shape index (κ3) is 4.28. The summed E-state index contributed by atoms with van der Waals surface area (Å²) in [6.45, 7) is 1.48. The molecule has 3 aromatic rings. The third-order valence-electron chi connectivity index (χ3n) is 5.28. The van der Waals surface area contributed by atoms with E-state index in [-0.39, 0.29) is 17.6 Å². The summed E-state index contributed by atoms with van der Waals surface area (Å²) in [7, 11) is 0. The molecule has 2 aromatic carbocycles. The van der Waals surface area contributed by atoms with E-state index in [4.69, 9.17) is 4.98 Å². The Morgan fingerprint density at radius 2 is 1.86 bits per heavy atom. The van der Waals surface area contributed by atoms with Gasteiger partial charge in [0.15, 0.2) is 0 Å². The minimum absolute atomic E-state index is 0.164. The van der Waals surface area contributed by atoms with Crippen LogP contribution >= 0.6 is 0 Å². The van der Waals surface area contributed by atoms with Gasteiger partial charge in [-0.05, 0) is 42.7 Å². The number of hydrogen-bond acceptors (Lipinski definition) is 2. The van der Waals surface area contributed by atoms with Crippen LogP contribution < -0.4 is 0 Å². The van der Waals surface area contributed by atoms with E-state index in [2.05, 4.69) is 0 Å². The number of piperidine rings is 1. The zero-order valence-corrected chi connectivity index (χ0v) is 15.7. The zero-order chi connectivity index (χ0) is 19.3. The molecule has 0 saturated carbocycles.